The number of aromatic nitrogens is 2. The van der Waals surface area contributed by atoms with Crippen molar-refractivity contribution in [2.24, 2.45) is 0 Å². The average Bonchev–Trinajstić information content (AvgIpc) is 3.12. The number of amides is 1. The standard InChI is InChI=1S/C19H19N3O2S/c1-14(15-8-4-2-5-9-15)20-17(23)12-25-13-18-21-19(22-24-18)16-10-6-3-7-11-16/h2-11,14H,12-13H2,1H3,(H,20,23)/t14-/m0/s1. The van der Waals surface area contributed by atoms with E-state index in [4.69, 9.17) is 4.52 Å². The van der Waals surface area contributed by atoms with Crippen LogP contribution in [0.5, 0.6) is 0 Å². The van der Waals surface area contributed by atoms with Gasteiger partial charge in [0.25, 0.3) is 0 Å². The first kappa shape index (κ1) is 17.2. The molecule has 2 aromatic carbocycles. The highest BCUT2D eigenvalue weighted by Crippen LogP contribution is 2.18. The third-order valence-corrected chi connectivity index (χ3v) is 4.55. The number of hydrogen-bond donors (Lipinski definition) is 1. The number of benzene rings is 2. The maximum absolute atomic E-state index is 12.0. The Kier molecular flexibility index (Phi) is 5.85. The molecule has 3 aromatic rings. The molecular weight excluding hydrogens is 334 g/mol. The highest BCUT2D eigenvalue weighted by molar-refractivity contribution is 7.99. The predicted octanol–water partition coefficient (Wildman–Crippen LogP) is 3.85. The molecule has 1 N–H and O–H groups in total. The van der Waals surface area contributed by atoms with Crippen LogP contribution >= 0.6 is 11.8 Å². The molecule has 3 rings (SSSR count). The lowest BCUT2D eigenvalue weighted by molar-refractivity contribution is -0.119. The van der Waals surface area contributed by atoms with Crippen LogP contribution < -0.4 is 5.32 Å². The van der Waals surface area contributed by atoms with E-state index in [2.05, 4.69) is 15.5 Å². The van der Waals surface area contributed by atoms with Crippen LogP contribution in [0.4, 0.5) is 0 Å². The number of hydrogen-bond acceptors (Lipinski definition) is 5. The van der Waals surface area contributed by atoms with Gasteiger partial charge in [-0.2, -0.15) is 4.98 Å². The minimum Gasteiger partial charge on any atom is -0.349 e. The van der Waals surface area contributed by atoms with E-state index in [0.29, 0.717) is 23.2 Å². The second kappa shape index (κ2) is 8.48. The Bertz CT molecular complexity index is 806. The van der Waals surface area contributed by atoms with E-state index in [-0.39, 0.29) is 11.9 Å². The summed E-state index contributed by atoms with van der Waals surface area (Å²) in [5, 5.41) is 6.96. The maximum Gasteiger partial charge on any atom is 0.236 e. The quantitative estimate of drug-likeness (QED) is 0.699. The van der Waals surface area contributed by atoms with E-state index in [1.165, 1.54) is 11.8 Å². The molecule has 0 fully saturated rings. The summed E-state index contributed by atoms with van der Waals surface area (Å²) in [7, 11) is 0. The van der Waals surface area contributed by atoms with Crippen LogP contribution in [-0.4, -0.2) is 21.8 Å². The van der Waals surface area contributed by atoms with E-state index in [9.17, 15) is 4.79 Å². The number of thioether (sulfide) groups is 1. The fraction of sp³-hybridized carbons (Fsp3) is 0.211. The molecule has 128 valence electrons. The summed E-state index contributed by atoms with van der Waals surface area (Å²) in [6, 6.07) is 19.5. The van der Waals surface area contributed by atoms with E-state index in [0.717, 1.165) is 11.1 Å². The predicted molar refractivity (Wildman–Crippen MR) is 98.9 cm³/mol. The van der Waals surface area contributed by atoms with Crippen LogP contribution in [0.15, 0.2) is 65.2 Å². The number of nitrogens with zero attached hydrogens (tertiary/aromatic N) is 2. The van der Waals surface area contributed by atoms with Crippen molar-refractivity contribution in [3.8, 4) is 11.4 Å². The summed E-state index contributed by atoms with van der Waals surface area (Å²) >= 11 is 1.45. The SMILES string of the molecule is C[C@H](NC(=O)CSCc1nc(-c2ccccc2)no1)c1ccccc1. The van der Waals surface area contributed by atoms with Crippen LogP contribution in [0.1, 0.15) is 24.4 Å². The Labute approximate surface area is 150 Å². The van der Waals surface area contributed by atoms with Gasteiger partial charge in [0.05, 0.1) is 17.5 Å². The topological polar surface area (TPSA) is 68.0 Å². The Morgan fingerprint density at radius 2 is 1.80 bits per heavy atom. The molecule has 5 nitrogen and oxygen atoms in total. The first-order valence-electron chi connectivity index (χ1n) is 8.02. The Hall–Kier alpha value is -2.60. The fourth-order valence-electron chi connectivity index (χ4n) is 2.36. The normalized spacial score (nSPS) is 11.9. The Morgan fingerprint density at radius 3 is 2.52 bits per heavy atom. The molecule has 0 aliphatic heterocycles. The molecule has 0 saturated carbocycles. The number of nitrogens with one attached hydrogen (secondary N) is 1. The third kappa shape index (κ3) is 4.93. The van der Waals surface area contributed by atoms with Gasteiger partial charge in [-0.1, -0.05) is 65.8 Å². The first-order chi connectivity index (χ1) is 12.2. The van der Waals surface area contributed by atoms with Crippen molar-refractivity contribution in [2.45, 2.75) is 18.7 Å². The highest BCUT2D eigenvalue weighted by atomic mass is 32.2. The lowest BCUT2D eigenvalue weighted by atomic mass is 10.1. The van der Waals surface area contributed by atoms with Crippen LogP contribution in [0.3, 0.4) is 0 Å². The van der Waals surface area contributed by atoms with Gasteiger partial charge in [0.1, 0.15) is 0 Å². The summed E-state index contributed by atoms with van der Waals surface area (Å²) < 4.78 is 5.24. The van der Waals surface area contributed by atoms with Gasteiger partial charge in [-0.15, -0.1) is 11.8 Å². The van der Waals surface area contributed by atoms with Crippen LogP contribution in [0, 0.1) is 0 Å². The van der Waals surface area contributed by atoms with Crippen molar-refractivity contribution in [1.29, 1.82) is 0 Å². The van der Waals surface area contributed by atoms with E-state index in [1.807, 2.05) is 67.6 Å². The fourth-order valence-corrected chi connectivity index (χ4v) is 3.02. The molecule has 0 radical (unpaired) electrons. The first-order valence-corrected chi connectivity index (χ1v) is 9.18. The van der Waals surface area contributed by atoms with Crippen molar-refractivity contribution < 1.29 is 9.32 Å². The molecule has 25 heavy (non-hydrogen) atoms. The molecule has 1 heterocycles. The minimum absolute atomic E-state index is 0.0100. The molecular formula is C19H19N3O2S. The van der Waals surface area contributed by atoms with Crippen molar-refractivity contribution >= 4 is 17.7 Å². The van der Waals surface area contributed by atoms with Crippen molar-refractivity contribution in [1.82, 2.24) is 15.5 Å². The average molecular weight is 353 g/mol. The van der Waals surface area contributed by atoms with Crippen LogP contribution in [0.2, 0.25) is 0 Å². The molecule has 1 aromatic heterocycles. The van der Waals surface area contributed by atoms with Crippen molar-refractivity contribution in [3.05, 3.63) is 72.1 Å². The molecule has 6 heteroatoms. The molecule has 0 aliphatic carbocycles. The molecule has 0 aliphatic rings. The highest BCUT2D eigenvalue weighted by Gasteiger charge is 2.11. The van der Waals surface area contributed by atoms with Crippen LogP contribution in [-0.2, 0) is 10.5 Å². The Morgan fingerprint density at radius 1 is 1.12 bits per heavy atom. The van der Waals surface area contributed by atoms with Crippen molar-refractivity contribution in [2.75, 3.05) is 5.75 Å². The summed E-state index contributed by atoms with van der Waals surface area (Å²) in [6.45, 7) is 1.97. The summed E-state index contributed by atoms with van der Waals surface area (Å²) in [5.41, 5.74) is 2.00. The molecule has 0 bridgehead atoms. The lowest BCUT2D eigenvalue weighted by Gasteiger charge is -2.13. The summed E-state index contributed by atoms with van der Waals surface area (Å²) in [6.07, 6.45) is 0. The number of carbonyl (C=O) groups excluding carboxylic acids is 1. The van der Waals surface area contributed by atoms with Gasteiger partial charge >= 0.3 is 0 Å². The van der Waals surface area contributed by atoms with Gasteiger partial charge in [0.15, 0.2) is 0 Å². The number of carbonyl (C=O) groups is 1. The van der Waals surface area contributed by atoms with E-state index < -0.39 is 0 Å². The molecule has 1 amide bonds. The molecule has 0 saturated heterocycles. The minimum atomic E-state index is -0.0117. The van der Waals surface area contributed by atoms with Crippen molar-refractivity contribution in [3.63, 3.8) is 0 Å². The molecule has 1 atom stereocenters. The van der Waals surface area contributed by atoms with Gasteiger partial charge in [0, 0.05) is 5.56 Å². The van der Waals surface area contributed by atoms with E-state index in [1.54, 1.807) is 0 Å². The second-order valence-electron chi connectivity index (χ2n) is 5.57. The smallest absolute Gasteiger partial charge is 0.236 e. The zero-order valence-electron chi connectivity index (χ0n) is 13.9. The van der Waals surface area contributed by atoms with Gasteiger partial charge in [-0.25, -0.2) is 0 Å². The lowest BCUT2D eigenvalue weighted by Crippen LogP contribution is -2.28. The van der Waals surface area contributed by atoms with Gasteiger partial charge < -0.3 is 9.84 Å². The molecule has 0 unspecified atom stereocenters. The second-order valence-corrected chi connectivity index (χ2v) is 6.56. The monoisotopic (exact) mass is 353 g/mol. The zero-order valence-corrected chi connectivity index (χ0v) is 14.7. The zero-order chi connectivity index (χ0) is 17.5. The van der Waals surface area contributed by atoms with Crippen LogP contribution in [0.25, 0.3) is 11.4 Å². The summed E-state index contributed by atoms with van der Waals surface area (Å²) in [4.78, 5) is 16.4. The van der Waals surface area contributed by atoms with E-state index >= 15 is 0 Å². The van der Waals surface area contributed by atoms with Gasteiger partial charge in [-0.3, -0.25) is 4.79 Å². The molecule has 0 spiro atoms. The van der Waals surface area contributed by atoms with Gasteiger partial charge in [0.2, 0.25) is 17.6 Å². The van der Waals surface area contributed by atoms with Gasteiger partial charge in [-0.05, 0) is 12.5 Å². The number of rotatable bonds is 7. The maximum atomic E-state index is 12.0. The Balaban J connectivity index is 1.45. The third-order valence-electron chi connectivity index (χ3n) is 3.64. The largest absolute Gasteiger partial charge is 0.349 e. The summed E-state index contributed by atoms with van der Waals surface area (Å²) in [5.74, 6) is 1.93.